The molecule has 0 aromatic rings. The summed E-state index contributed by atoms with van der Waals surface area (Å²) in [7, 11) is 2.25. The van der Waals surface area contributed by atoms with Crippen LogP contribution in [-0.2, 0) is 0 Å². The van der Waals surface area contributed by atoms with Gasteiger partial charge in [0.25, 0.3) is 0 Å². The first-order valence-electron chi connectivity index (χ1n) is 5.32. The maximum atomic E-state index is 2.61. The number of rotatable bonds is 0. The lowest BCUT2D eigenvalue weighted by molar-refractivity contribution is 0.0560. The maximum absolute atomic E-state index is 2.61. The lowest BCUT2D eigenvalue weighted by atomic mass is 10.2. The summed E-state index contributed by atoms with van der Waals surface area (Å²) in [6, 6.07) is 0. The van der Waals surface area contributed by atoms with Gasteiger partial charge in [-0.05, 0) is 32.9 Å². The van der Waals surface area contributed by atoms with Crippen LogP contribution in [0, 0.1) is 0 Å². The zero-order valence-electron chi connectivity index (χ0n) is 8.71. The number of hydrogen-bond donors (Lipinski definition) is 0. The summed E-state index contributed by atoms with van der Waals surface area (Å²) in [5, 5.41) is 0. The minimum atomic E-state index is 0.800. The summed E-state index contributed by atoms with van der Waals surface area (Å²) in [6.07, 6.45) is 4.98. The van der Waals surface area contributed by atoms with E-state index in [1.54, 1.807) is 0 Å². The van der Waals surface area contributed by atoms with E-state index in [1.165, 1.54) is 38.9 Å². The average molecular weight is 170 g/mol. The van der Waals surface area contributed by atoms with Crippen LogP contribution < -0.4 is 0 Å². The molecule has 2 heterocycles. The van der Waals surface area contributed by atoms with Gasteiger partial charge in [0.1, 0.15) is 0 Å². The van der Waals surface area contributed by atoms with Crippen molar-refractivity contribution in [1.29, 1.82) is 0 Å². The quantitative estimate of drug-likeness (QED) is 0.546. The largest absolute Gasteiger partial charge is 0.291 e. The lowest BCUT2D eigenvalue weighted by Crippen LogP contribution is -2.48. The van der Waals surface area contributed by atoms with Gasteiger partial charge in [-0.15, -0.1) is 0 Å². The smallest absolute Gasteiger partial charge is 0.0620 e. The fourth-order valence-electron chi connectivity index (χ4n) is 2.24. The highest BCUT2D eigenvalue weighted by atomic mass is 15.4. The summed E-state index contributed by atoms with van der Waals surface area (Å²) in [5.74, 6) is 0. The van der Waals surface area contributed by atoms with E-state index in [9.17, 15) is 0 Å². The first kappa shape index (κ1) is 10.0. The number of nitrogens with zero attached hydrogens (tertiary/aromatic N) is 2. The van der Waals surface area contributed by atoms with Gasteiger partial charge in [0.05, 0.1) is 6.17 Å². The second-order valence-electron chi connectivity index (χ2n) is 3.49. The van der Waals surface area contributed by atoms with E-state index < -0.39 is 0 Å². The molecule has 2 nitrogen and oxygen atoms in total. The minimum absolute atomic E-state index is 0.800. The molecule has 2 rings (SSSR count). The van der Waals surface area contributed by atoms with Gasteiger partial charge in [0.15, 0.2) is 0 Å². The summed E-state index contributed by atoms with van der Waals surface area (Å²) in [6.45, 7) is 7.99. The molecule has 2 aliphatic heterocycles. The van der Waals surface area contributed by atoms with Crippen LogP contribution in [0.15, 0.2) is 0 Å². The van der Waals surface area contributed by atoms with E-state index in [4.69, 9.17) is 0 Å². The standard InChI is InChI=1S/C8H16N2.C2H6/c1-9-5-3-7-10-6-2-4-8(9)10;1-2/h8H,2-7H2,1H3;1-2H3. The highest BCUT2D eigenvalue weighted by molar-refractivity contribution is 4.81. The van der Waals surface area contributed by atoms with Crippen LogP contribution in [0.25, 0.3) is 0 Å². The molecule has 0 N–H and O–H groups in total. The summed E-state index contributed by atoms with van der Waals surface area (Å²) in [4.78, 5) is 5.11. The molecule has 1 atom stereocenters. The van der Waals surface area contributed by atoms with Crippen LogP contribution in [0.3, 0.4) is 0 Å². The Morgan fingerprint density at radius 1 is 1.00 bits per heavy atom. The van der Waals surface area contributed by atoms with Crippen molar-refractivity contribution < 1.29 is 0 Å². The number of fused-ring (bicyclic) bond motifs is 1. The maximum Gasteiger partial charge on any atom is 0.0620 e. The van der Waals surface area contributed by atoms with Gasteiger partial charge in [-0.2, -0.15) is 0 Å². The van der Waals surface area contributed by atoms with E-state index in [2.05, 4.69) is 16.8 Å². The first-order valence-corrected chi connectivity index (χ1v) is 5.32. The van der Waals surface area contributed by atoms with Gasteiger partial charge >= 0.3 is 0 Å². The molecular weight excluding hydrogens is 148 g/mol. The SMILES string of the molecule is CC.CN1CCCN2CCCC12. The molecule has 2 fully saturated rings. The topological polar surface area (TPSA) is 6.48 Å². The van der Waals surface area contributed by atoms with Crippen molar-refractivity contribution in [1.82, 2.24) is 9.80 Å². The second kappa shape index (κ2) is 4.83. The van der Waals surface area contributed by atoms with E-state index in [0.29, 0.717) is 0 Å². The summed E-state index contributed by atoms with van der Waals surface area (Å²) >= 11 is 0. The Morgan fingerprint density at radius 3 is 2.33 bits per heavy atom. The molecule has 0 amide bonds. The highest BCUT2D eigenvalue weighted by Gasteiger charge is 2.29. The van der Waals surface area contributed by atoms with Gasteiger partial charge in [0.2, 0.25) is 0 Å². The molecule has 0 saturated carbocycles. The molecule has 2 aliphatic rings. The van der Waals surface area contributed by atoms with Crippen LogP contribution in [0.5, 0.6) is 0 Å². The third-order valence-electron chi connectivity index (χ3n) is 2.79. The molecule has 1 unspecified atom stereocenters. The molecule has 72 valence electrons. The summed E-state index contributed by atoms with van der Waals surface area (Å²) in [5.41, 5.74) is 0. The molecular formula is C10H22N2. The fraction of sp³-hybridized carbons (Fsp3) is 1.00. The van der Waals surface area contributed by atoms with Crippen LogP contribution >= 0.6 is 0 Å². The van der Waals surface area contributed by atoms with Crippen molar-refractivity contribution in [2.75, 3.05) is 26.7 Å². The zero-order chi connectivity index (χ0) is 8.97. The minimum Gasteiger partial charge on any atom is -0.291 e. The molecule has 0 bridgehead atoms. The molecule has 12 heavy (non-hydrogen) atoms. The Morgan fingerprint density at radius 2 is 1.67 bits per heavy atom. The van der Waals surface area contributed by atoms with Gasteiger partial charge < -0.3 is 0 Å². The first-order chi connectivity index (χ1) is 5.88. The van der Waals surface area contributed by atoms with Gasteiger partial charge in [-0.25, -0.2) is 0 Å². The predicted molar refractivity (Wildman–Crippen MR) is 53.2 cm³/mol. The molecule has 0 aliphatic carbocycles. The highest BCUT2D eigenvalue weighted by Crippen LogP contribution is 2.22. The molecule has 2 heteroatoms. The molecule has 0 radical (unpaired) electrons. The molecule has 2 saturated heterocycles. The molecule has 0 aromatic heterocycles. The third kappa shape index (κ3) is 1.99. The Balaban J connectivity index is 0.000000336. The molecule has 0 spiro atoms. The van der Waals surface area contributed by atoms with E-state index >= 15 is 0 Å². The van der Waals surface area contributed by atoms with Crippen LogP contribution in [0.2, 0.25) is 0 Å². The van der Waals surface area contributed by atoms with Crippen molar-refractivity contribution in [3.05, 3.63) is 0 Å². The average Bonchev–Trinajstić information content (AvgIpc) is 2.57. The van der Waals surface area contributed by atoms with Gasteiger partial charge in [0, 0.05) is 13.1 Å². The van der Waals surface area contributed by atoms with E-state index in [-0.39, 0.29) is 0 Å². The predicted octanol–water partition coefficient (Wildman–Crippen LogP) is 1.77. The van der Waals surface area contributed by atoms with Crippen LogP contribution in [-0.4, -0.2) is 42.6 Å². The van der Waals surface area contributed by atoms with E-state index in [1.807, 2.05) is 13.8 Å². The Bertz CT molecular complexity index is 125. The third-order valence-corrected chi connectivity index (χ3v) is 2.79. The summed E-state index contributed by atoms with van der Waals surface area (Å²) < 4.78 is 0. The van der Waals surface area contributed by atoms with Crippen molar-refractivity contribution >= 4 is 0 Å². The fourth-order valence-corrected chi connectivity index (χ4v) is 2.24. The Labute approximate surface area is 76.5 Å². The Kier molecular flexibility index (Phi) is 4.02. The van der Waals surface area contributed by atoms with Crippen LogP contribution in [0.1, 0.15) is 33.1 Å². The normalized spacial score (nSPS) is 30.8. The number of hydrogen-bond acceptors (Lipinski definition) is 2. The molecule has 0 aromatic carbocycles. The monoisotopic (exact) mass is 170 g/mol. The van der Waals surface area contributed by atoms with Crippen molar-refractivity contribution in [2.45, 2.75) is 39.3 Å². The van der Waals surface area contributed by atoms with Crippen molar-refractivity contribution in [2.24, 2.45) is 0 Å². The van der Waals surface area contributed by atoms with E-state index in [0.717, 1.165) is 6.17 Å². The van der Waals surface area contributed by atoms with Crippen molar-refractivity contribution in [3.63, 3.8) is 0 Å². The van der Waals surface area contributed by atoms with Crippen molar-refractivity contribution in [3.8, 4) is 0 Å². The van der Waals surface area contributed by atoms with Gasteiger partial charge in [-0.1, -0.05) is 13.8 Å². The van der Waals surface area contributed by atoms with Gasteiger partial charge in [-0.3, -0.25) is 9.80 Å². The lowest BCUT2D eigenvalue weighted by Gasteiger charge is -2.37. The Hall–Kier alpha value is -0.0800. The van der Waals surface area contributed by atoms with Crippen LogP contribution in [0.4, 0.5) is 0 Å². The zero-order valence-corrected chi connectivity index (χ0v) is 8.71. The second-order valence-corrected chi connectivity index (χ2v) is 3.49.